The van der Waals surface area contributed by atoms with Crippen LogP contribution in [0.5, 0.6) is 5.88 Å². The molecule has 0 saturated carbocycles. The molecule has 0 unspecified atom stereocenters. The molecule has 0 radical (unpaired) electrons. The van der Waals surface area contributed by atoms with Crippen LogP contribution in [0.2, 0.25) is 0 Å². The highest BCUT2D eigenvalue weighted by Crippen LogP contribution is 2.32. The summed E-state index contributed by atoms with van der Waals surface area (Å²) >= 11 is 0. The first-order chi connectivity index (χ1) is 11.1. The van der Waals surface area contributed by atoms with Crippen molar-refractivity contribution in [3.63, 3.8) is 0 Å². The summed E-state index contributed by atoms with van der Waals surface area (Å²) in [6, 6.07) is 7.06. The Morgan fingerprint density at radius 3 is 2.08 bits per heavy atom. The summed E-state index contributed by atoms with van der Waals surface area (Å²) in [4.78, 5) is -1.13. The van der Waals surface area contributed by atoms with Crippen molar-refractivity contribution < 1.29 is 31.0 Å². The van der Waals surface area contributed by atoms with Crippen LogP contribution in [-0.4, -0.2) is 40.8 Å². The molecular weight excluding hydrogens is 360 g/mol. The molecule has 126 valence electrons. The maximum Gasteiger partial charge on any atom is 0.295 e. The summed E-state index contributed by atoms with van der Waals surface area (Å²) in [5, 5.41) is 13.2. The molecule has 11 heteroatoms. The summed E-state index contributed by atoms with van der Waals surface area (Å²) in [6.07, 6.45) is 1.24. The lowest BCUT2D eigenvalue weighted by Crippen LogP contribution is -2.06. The van der Waals surface area contributed by atoms with Gasteiger partial charge < -0.3 is 5.11 Å². The molecule has 0 amide bonds. The lowest BCUT2D eigenvalue weighted by Gasteiger charge is -2.11. The van der Waals surface area contributed by atoms with Gasteiger partial charge in [-0.3, -0.25) is 9.11 Å². The van der Waals surface area contributed by atoms with Crippen molar-refractivity contribution in [1.82, 2.24) is 9.78 Å². The molecule has 1 aromatic heterocycles. The van der Waals surface area contributed by atoms with E-state index in [2.05, 4.69) is 5.10 Å². The Balaban J connectivity index is 2.53. The number of aromatic hydroxyl groups is 1. The Morgan fingerprint density at radius 2 is 1.54 bits per heavy atom. The Bertz CT molecular complexity index is 1160. The van der Waals surface area contributed by atoms with E-state index in [0.29, 0.717) is 0 Å². The zero-order valence-corrected chi connectivity index (χ0v) is 13.4. The van der Waals surface area contributed by atoms with Gasteiger partial charge in [-0.05, 0) is 18.2 Å². The molecular formula is C13H10N2O7S2. The molecule has 2 aromatic carbocycles. The standard InChI is InChI=1S/C13H10N2O7S2/c16-13-4-5-14-15(13)8-6-10-9(12(7-8)24(20,21)22)2-1-3-11(10)23(17,18)19/h1-7,16H,(H,17,18,19)(H,20,21,22). The molecule has 0 saturated heterocycles. The molecule has 0 aliphatic rings. The maximum absolute atomic E-state index is 11.7. The van der Waals surface area contributed by atoms with E-state index in [-0.39, 0.29) is 22.3 Å². The van der Waals surface area contributed by atoms with E-state index in [1.54, 1.807) is 0 Å². The van der Waals surface area contributed by atoms with Crippen LogP contribution >= 0.6 is 0 Å². The molecule has 0 bridgehead atoms. The first-order valence-electron chi connectivity index (χ1n) is 6.34. The van der Waals surface area contributed by atoms with Gasteiger partial charge in [-0.2, -0.15) is 21.9 Å². The van der Waals surface area contributed by atoms with E-state index >= 15 is 0 Å². The first kappa shape index (κ1) is 16.4. The van der Waals surface area contributed by atoms with Crippen LogP contribution in [0.15, 0.2) is 52.4 Å². The van der Waals surface area contributed by atoms with E-state index < -0.39 is 30.0 Å². The minimum Gasteiger partial charge on any atom is -0.493 e. The highest BCUT2D eigenvalue weighted by atomic mass is 32.2. The first-order valence-corrected chi connectivity index (χ1v) is 9.22. The van der Waals surface area contributed by atoms with Crippen molar-refractivity contribution >= 4 is 31.0 Å². The Labute approximate surface area is 136 Å². The summed E-state index contributed by atoms with van der Waals surface area (Å²) in [7, 11) is -9.37. The van der Waals surface area contributed by atoms with Crippen molar-refractivity contribution in [1.29, 1.82) is 0 Å². The van der Waals surface area contributed by atoms with Crippen molar-refractivity contribution in [2.45, 2.75) is 9.79 Å². The number of fused-ring (bicyclic) bond motifs is 1. The van der Waals surface area contributed by atoms with Crippen molar-refractivity contribution in [2.75, 3.05) is 0 Å². The van der Waals surface area contributed by atoms with Crippen molar-refractivity contribution in [3.05, 3.63) is 42.6 Å². The van der Waals surface area contributed by atoms with Gasteiger partial charge >= 0.3 is 0 Å². The van der Waals surface area contributed by atoms with Gasteiger partial charge in [-0.25, -0.2) is 4.68 Å². The fourth-order valence-electron chi connectivity index (χ4n) is 2.37. The highest BCUT2D eigenvalue weighted by molar-refractivity contribution is 7.86. The van der Waals surface area contributed by atoms with Gasteiger partial charge in [-0.15, -0.1) is 0 Å². The maximum atomic E-state index is 11.7. The quantitative estimate of drug-likeness (QED) is 0.583. The van der Waals surface area contributed by atoms with Gasteiger partial charge in [0, 0.05) is 16.8 Å². The minimum absolute atomic E-state index is 0.0197. The molecule has 9 nitrogen and oxygen atoms in total. The third-order valence-corrected chi connectivity index (χ3v) is 5.13. The normalized spacial score (nSPS) is 12.6. The van der Waals surface area contributed by atoms with Crippen molar-refractivity contribution in [3.8, 4) is 11.6 Å². The number of nitrogens with zero attached hydrogens (tertiary/aromatic N) is 2. The van der Waals surface area contributed by atoms with Gasteiger partial charge in [0.15, 0.2) is 0 Å². The van der Waals surface area contributed by atoms with Crippen LogP contribution in [0.25, 0.3) is 16.5 Å². The van der Waals surface area contributed by atoms with Crippen LogP contribution in [0.4, 0.5) is 0 Å². The second kappa shape index (κ2) is 5.27. The number of aromatic nitrogens is 2. The van der Waals surface area contributed by atoms with E-state index in [1.807, 2.05) is 0 Å². The van der Waals surface area contributed by atoms with Crippen LogP contribution < -0.4 is 0 Å². The smallest absolute Gasteiger partial charge is 0.295 e. The predicted octanol–water partition coefficient (Wildman–Crippen LogP) is 1.22. The monoisotopic (exact) mass is 370 g/mol. The fourth-order valence-corrected chi connectivity index (χ4v) is 3.79. The van der Waals surface area contributed by atoms with Crippen LogP contribution in [0, 0.1) is 0 Å². The molecule has 0 spiro atoms. The lowest BCUT2D eigenvalue weighted by atomic mass is 10.1. The molecule has 24 heavy (non-hydrogen) atoms. The highest BCUT2D eigenvalue weighted by Gasteiger charge is 2.22. The minimum atomic E-state index is -4.72. The molecule has 3 N–H and O–H groups in total. The Hall–Kier alpha value is -2.47. The average molecular weight is 370 g/mol. The van der Waals surface area contributed by atoms with Crippen LogP contribution in [0.1, 0.15) is 0 Å². The predicted molar refractivity (Wildman–Crippen MR) is 82.4 cm³/mol. The molecule has 0 atom stereocenters. The number of rotatable bonds is 3. The third kappa shape index (κ3) is 2.73. The van der Waals surface area contributed by atoms with Gasteiger partial charge in [-0.1, -0.05) is 12.1 Å². The molecule has 0 aliphatic carbocycles. The SMILES string of the molecule is O=S(=O)(O)c1cc(-n2nccc2O)cc2c(S(=O)(=O)O)cccc12. The topological polar surface area (TPSA) is 147 Å². The van der Waals surface area contributed by atoms with E-state index in [0.717, 1.165) is 16.8 Å². The Morgan fingerprint density at radius 1 is 0.875 bits per heavy atom. The second-order valence-electron chi connectivity index (χ2n) is 4.85. The zero-order valence-electron chi connectivity index (χ0n) is 11.7. The fraction of sp³-hybridized carbons (Fsp3) is 0. The largest absolute Gasteiger partial charge is 0.493 e. The lowest BCUT2D eigenvalue weighted by molar-refractivity contribution is 0.433. The van der Waals surface area contributed by atoms with Gasteiger partial charge in [0.1, 0.15) is 9.79 Å². The van der Waals surface area contributed by atoms with E-state index in [1.165, 1.54) is 30.5 Å². The van der Waals surface area contributed by atoms with Crippen molar-refractivity contribution in [2.24, 2.45) is 0 Å². The average Bonchev–Trinajstić information content (AvgIpc) is 2.89. The summed E-state index contributed by atoms with van der Waals surface area (Å²) in [6.45, 7) is 0. The van der Waals surface area contributed by atoms with Crippen LogP contribution in [0.3, 0.4) is 0 Å². The number of benzene rings is 2. The summed E-state index contributed by atoms with van der Waals surface area (Å²) < 4.78 is 66.1. The third-order valence-electron chi connectivity index (χ3n) is 3.33. The molecule has 1 heterocycles. The van der Waals surface area contributed by atoms with Gasteiger partial charge in [0.05, 0.1) is 11.9 Å². The van der Waals surface area contributed by atoms with Gasteiger partial charge in [0.25, 0.3) is 20.2 Å². The second-order valence-corrected chi connectivity index (χ2v) is 7.63. The van der Waals surface area contributed by atoms with Crippen LogP contribution in [-0.2, 0) is 20.2 Å². The number of hydrogen-bond acceptors (Lipinski definition) is 6. The van der Waals surface area contributed by atoms with E-state index in [4.69, 9.17) is 0 Å². The van der Waals surface area contributed by atoms with Gasteiger partial charge in [0.2, 0.25) is 5.88 Å². The number of hydrogen-bond donors (Lipinski definition) is 3. The molecule has 0 fully saturated rings. The zero-order chi connectivity index (χ0) is 17.7. The summed E-state index contributed by atoms with van der Waals surface area (Å²) in [5.74, 6) is -0.333. The Kier molecular flexibility index (Phi) is 3.60. The summed E-state index contributed by atoms with van der Waals surface area (Å²) in [5.41, 5.74) is -0.0197. The molecule has 3 rings (SSSR count). The molecule has 0 aliphatic heterocycles. The van der Waals surface area contributed by atoms with E-state index in [9.17, 15) is 31.0 Å². The molecule has 3 aromatic rings.